The van der Waals surface area contributed by atoms with Crippen LogP contribution in [0, 0.1) is 0 Å². The van der Waals surface area contributed by atoms with Gasteiger partial charge in [-0.3, -0.25) is 14.3 Å². The number of thioether (sulfide) groups is 1. The fourth-order valence-electron chi connectivity index (χ4n) is 3.82. The van der Waals surface area contributed by atoms with Crippen molar-refractivity contribution in [2.45, 2.75) is 24.5 Å². The first-order valence-electron chi connectivity index (χ1n) is 11.4. The molecule has 0 aliphatic carbocycles. The minimum absolute atomic E-state index is 0.0413. The van der Waals surface area contributed by atoms with E-state index >= 15 is 0 Å². The molecule has 33 heavy (non-hydrogen) atoms. The summed E-state index contributed by atoms with van der Waals surface area (Å²) in [6, 6.07) is 15.2. The smallest absolute Gasteiger partial charge is 0.262 e. The average molecular weight is 470 g/mol. The molecule has 2 heterocycles. The summed E-state index contributed by atoms with van der Waals surface area (Å²) in [6.45, 7) is 5.73. The highest BCUT2D eigenvalue weighted by molar-refractivity contribution is 7.99. The molecule has 0 spiro atoms. The van der Waals surface area contributed by atoms with E-state index in [1.54, 1.807) is 18.9 Å². The van der Waals surface area contributed by atoms with Gasteiger partial charge in [-0.15, -0.1) is 0 Å². The van der Waals surface area contributed by atoms with Gasteiger partial charge < -0.3 is 14.2 Å². The van der Waals surface area contributed by atoms with E-state index in [-0.39, 0.29) is 5.56 Å². The summed E-state index contributed by atoms with van der Waals surface area (Å²) >= 11 is 1.62. The van der Waals surface area contributed by atoms with Crippen molar-refractivity contribution in [3.63, 3.8) is 0 Å². The highest BCUT2D eigenvalue weighted by Gasteiger charge is 2.13. The molecule has 0 N–H and O–H groups in total. The number of para-hydroxylation sites is 1. The van der Waals surface area contributed by atoms with E-state index in [4.69, 9.17) is 19.2 Å². The highest BCUT2D eigenvalue weighted by Crippen LogP contribution is 2.20. The Hall–Kier alpha value is -2.55. The van der Waals surface area contributed by atoms with Crippen LogP contribution >= 0.6 is 11.8 Å². The van der Waals surface area contributed by atoms with Crippen molar-refractivity contribution in [1.29, 1.82) is 0 Å². The second-order valence-corrected chi connectivity index (χ2v) is 8.96. The molecule has 4 rings (SSSR count). The van der Waals surface area contributed by atoms with Crippen LogP contribution in [0.5, 0.6) is 11.5 Å². The third kappa shape index (κ3) is 6.50. The summed E-state index contributed by atoms with van der Waals surface area (Å²) in [6.07, 6.45) is 1.77. The van der Waals surface area contributed by atoms with E-state index < -0.39 is 0 Å². The van der Waals surface area contributed by atoms with Crippen LogP contribution in [0.4, 0.5) is 0 Å². The Morgan fingerprint density at radius 1 is 1.00 bits per heavy atom. The van der Waals surface area contributed by atoms with E-state index in [0.29, 0.717) is 18.5 Å². The second-order valence-electron chi connectivity index (χ2n) is 7.90. The molecular formula is C25H31N3O4S. The van der Waals surface area contributed by atoms with Gasteiger partial charge >= 0.3 is 0 Å². The standard InChI is InChI=1S/C25H31N3O4S/c1-30-20-8-10-21(11-9-20)32-16-5-19-33-25-26-23-7-3-2-6-22(23)24(29)28(25)13-4-12-27-14-17-31-18-15-27/h2-3,6-11H,4-5,12-19H2,1H3. The number of ether oxygens (including phenoxy) is 3. The average Bonchev–Trinajstić information content (AvgIpc) is 2.86. The van der Waals surface area contributed by atoms with Crippen LogP contribution in [0.1, 0.15) is 12.8 Å². The van der Waals surface area contributed by atoms with Crippen molar-refractivity contribution in [3.05, 3.63) is 58.9 Å². The van der Waals surface area contributed by atoms with Crippen LogP contribution < -0.4 is 15.0 Å². The quantitative estimate of drug-likeness (QED) is 0.241. The van der Waals surface area contributed by atoms with Crippen molar-refractivity contribution in [1.82, 2.24) is 14.5 Å². The first kappa shape index (κ1) is 23.6. The van der Waals surface area contributed by atoms with Crippen LogP contribution in [-0.2, 0) is 11.3 Å². The molecule has 0 radical (unpaired) electrons. The van der Waals surface area contributed by atoms with Gasteiger partial charge in [-0.25, -0.2) is 4.98 Å². The molecule has 1 aliphatic rings. The summed E-state index contributed by atoms with van der Waals surface area (Å²) in [7, 11) is 1.65. The molecule has 1 aromatic heterocycles. The van der Waals surface area contributed by atoms with Gasteiger partial charge in [-0.05, 0) is 49.2 Å². The largest absolute Gasteiger partial charge is 0.497 e. The third-order valence-electron chi connectivity index (χ3n) is 5.63. The molecule has 8 heteroatoms. The Balaban J connectivity index is 1.36. The van der Waals surface area contributed by atoms with Crippen LogP contribution in [0.3, 0.4) is 0 Å². The fraction of sp³-hybridized carbons (Fsp3) is 0.440. The minimum Gasteiger partial charge on any atom is -0.497 e. The predicted molar refractivity (Wildman–Crippen MR) is 132 cm³/mol. The Labute approximate surface area is 198 Å². The van der Waals surface area contributed by atoms with Crippen molar-refractivity contribution in [3.8, 4) is 11.5 Å². The summed E-state index contributed by atoms with van der Waals surface area (Å²) in [5.41, 5.74) is 0.795. The molecule has 0 unspecified atom stereocenters. The van der Waals surface area contributed by atoms with Crippen molar-refractivity contribution in [2.24, 2.45) is 0 Å². The lowest BCUT2D eigenvalue weighted by Gasteiger charge is -2.26. The van der Waals surface area contributed by atoms with Crippen LogP contribution in [0.2, 0.25) is 0 Å². The zero-order valence-electron chi connectivity index (χ0n) is 19.1. The number of nitrogens with zero attached hydrogens (tertiary/aromatic N) is 3. The fourth-order valence-corrected chi connectivity index (χ4v) is 4.75. The van der Waals surface area contributed by atoms with Gasteiger partial charge in [-0.2, -0.15) is 0 Å². The number of hydrogen-bond acceptors (Lipinski definition) is 7. The van der Waals surface area contributed by atoms with Gasteiger partial charge in [0.1, 0.15) is 11.5 Å². The molecule has 1 fully saturated rings. The highest BCUT2D eigenvalue weighted by atomic mass is 32.2. The van der Waals surface area contributed by atoms with Gasteiger partial charge in [0.05, 0.1) is 37.8 Å². The maximum absolute atomic E-state index is 13.2. The molecule has 0 bridgehead atoms. The van der Waals surface area contributed by atoms with Crippen LogP contribution in [-0.4, -0.2) is 66.8 Å². The van der Waals surface area contributed by atoms with Crippen molar-refractivity contribution < 1.29 is 14.2 Å². The number of rotatable bonds is 11. The lowest BCUT2D eigenvalue weighted by molar-refractivity contribution is 0.0368. The molecule has 1 aliphatic heterocycles. The number of methoxy groups -OCH3 is 1. The third-order valence-corrected chi connectivity index (χ3v) is 6.70. The summed E-state index contributed by atoms with van der Waals surface area (Å²) in [4.78, 5) is 20.4. The molecular weight excluding hydrogens is 438 g/mol. The van der Waals surface area contributed by atoms with Crippen molar-refractivity contribution in [2.75, 3.05) is 52.3 Å². The molecule has 3 aromatic rings. The number of aromatic nitrogens is 2. The lowest BCUT2D eigenvalue weighted by atomic mass is 10.2. The van der Waals surface area contributed by atoms with Crippen molar-refractivity contribution >= 4 is 22.7 Å². The predicted octanol–water partition coefficient (Wildman–Crippen LogP) is 3.69. The molecule has 2 aromatic carbocycles. The molecule has 176 valence electrons. The Bertz CT molecular complexity index is 1080. The zero-order valence-corrected chi connectivity index (χ0v) is 19.9. The van der Waals surface area contributed by atoms with E-state index in [2.05, 4.69) is 4.90 Å². The summed E-state index contributed by atoms with van der Waals surface area (Å²) < 4.78 is 18.3. The lowest BCUT2D eigenvalue weighted by Crippen LogP contribution is -2.37. The van der Waals surface area contributed by atoms with E-state index in [1.807, 2.05) is 53.1 Å². The summed E-state index contributed by atoms with van der Waals surface area (Å²) in [5.74, 6) is 2.46. The van der Waals surface area contributed by atoms with Gasteiger partial charge in [0.15, 0.2) is 5.16 Å². The maximum Gasteiger partial charge on any atom is 0.262 e. The van der Waals surface area contributed by atoms with Gasteiger partial charge in [0, 0.05) is 31.9 Å². The molecule has 0 saturated carbocycles. The first-order valence-corrected chi connectivity index (χ1v) is 12.4. The molecule has 0 amide bonds. The number of benzene rings is 2. The molecule has 7 nitrogen and oxygen atoms in total. The Morgan fingerprint density at radius 3 is 2.55 bits per heavy atom. The molecule has 1 saturated heterocycles. The first-order chi connectivity index (χ1) is 16.2. The minimum atomic E-state index is 0.0413. The Morgan fingerprint density at radius 2 is 1.76 bits per heavy atom. The van der Waals surface area contributed by atoms with E-state index in [0.717, 1.165) is 73.6 Å². The van der Waals surface area contributed by atoms with Gasteiger partial charge in [0.2, 0.25) is 0 Å². The normalized spacial score (nSPS) is 14.5. The van der Waals surface area contributed by atoms with E-state index in [1.165, 1.54) is 0 Å². The zero-order chi connectivity index (χ0) is 22.9. The Kier molecular flexibility index (Phi) is 8.63. The number of hydrogen-bond donors (Lipinski definition) is 0. The molecule has 0 atom stereocenters. The SMILES string of the molecule is COc1ccc(OCCCSc2nc3ccccc3c(=O)n2CCCN2CCOCC2)cc1. The van der Waals surface area contributed by atoms with Crippen LogP contribution in [0.25, 0.3) is 10.9 Å². The number of morpholine rings is 1. The number of fused-ring (bicyclic) bond motifs is 1. The van der Waals surface area contributed by atoms with Crippen LogP contribution in [0.15, 0.2) is 58.5 Å². The maximum atomic E-state index is 13.2. The second kappa shape index (κ2) is 12.1. The van der Waals surface area contributed by atoms with Gasteiger partial charge in [0.25, 0.3) is 5.56 Å². The van der Waals surface area contributed by atoms with E-state index in [9.17, 15) is 4.79 Å². The topological polar surface area (TPSA) is 65.8 Å². The monoisotopic (exact) mass is 469 g/mol. The van der Waals surface area contributed by atoms with Gasteiger partial charge in [-0.1, -0.05) is 23.9 Å². The summed E-state index contributed by atoms with van der Waals surface area (Å²) in [5, 5.41) is 1.46.